The molecule has 0 radical (unpaired) electrons. The summed E-state index contributed by atoms with van der Waals surface area (Å²) in [5.74, 6) is -0.550. The lowest BCUT2D eigenvalue weighted by Gasteiger charge is -2.17. The zero-order chi connectivity index (χ0) is 22.3. The lowest BCUT2D eigenvalue weighted by atomic mass is 10.1. The second-order valence-corrected chi connectivity index (χ2v) is 8.16. The van der Waals surface area contributed by atoms with Crippen molar-refractivity contribution in [1.29, 1.82) is 0 Å². The Balaban J connectivity index is 1.56. The highest BCUT2D eigenvalue weighted by Gasteiger charge is 2.23. The smallest absolute Gasteiger partial charge is 0.338 e. The largest absolute Gasteiger partial charge is 0.462 e. The fraction of sp³-hybridized carbons (Fsp3) is 0.115. The molecule has 0 spiro atoms. The Hall–Kier alpha value is -3.64. The summed E-state index contributed by atoms with van der Waals surface area (Å²) in [6.45, 7) is 2.08. The van der Waals surface area contributed by atoms with Crippen molar-refractivity contribution in [3.63, 3.8) is 0 Å². The molecule has 4 aromatic rings. The highest BCUT2D eigenvalue weighted by atomic mass is 32.2. The molecule has 0 fully saturated rings. The van der Waals surface area contributed by atoms with Crippen molar-refractivity contribution in [3.05, 3.63) is 102 Å². The molecule has 1 N–H and O–H groups in total. The number of anilines is 1. The molecule has 3 aromatic carbocycles. The summed E-state index contributed by atoms with van der Waals surface area (Å²) >= 11 is 1.40. The number of carbonyl (C=O) groups excluding carboxylic acids is 2. The summed E-state index contributed by atoms with van der Waals surface area (Å²) in [5.41, 5.74) is 2.82. The van der Waals surface area contributed by atoms with Crippen LogP contribution in [0.1, 0.15) is 28.1 Å². The number of para-hydroxylation sites is 1. The summed E-state index contributed by atoms with van der Waals surface area (Å²) in [6.07, 6.45) is 0. The molecule has 5 nitrogen and oxygen atoms in total. The number of carbonyl (C=O) groups is 2. The van der Waals surface area contributed by atoms with E-state index in [4.69, 9.17) is 9.72 Å². The number of esters is 1. The number of nitrogens with zero attached hydrogens (tertiary/aromatic N) is 1. The molecule has 32 heavy (non-hydrogen) atoms. The molecule has 6 heteroatoms. The zero-order valence-electron chi connectivity index (χ0n) is 17.5. The minimum atomic E-state index is -0.491. The van der Waals surface area contributed by atoms with E-state index in [1.165, 1.54) is 11.8 Å². The third-order valence-electron chi connectivity index (χ3n) is 4.82. The predicted molar refractivity (Wildman–Crippen MR) is 128 cm³/mol. The second-order valence-electron chi connectivity index (χ2n) is 7.04. The number of benzene rings is 3. The van der Waals surface area contributed by atoms with Gasteiger partial charge >= 0.3 is 5.97 Å². The molecule has 1 atom stereocenters. The first-order valence-electron chi connectivity index (χ1n) is 10.3. The van der Waals surface area contributed by atoms with Crippen LogP contribution in [-0.4, -0.2) is 23.5 Å². The lowest BCUT2D eigenvalue weighted by Crippen LogP contribution is -2.19. The standard InChI is InChI=1S/C26H22N2O3S/c1-2-31-26(30)20-12-15-21(16-13-20)27-25(29)24(19-9-4-3-5-10-19)32-23-17-14-18-8-6-7-11-22(18)28-23/h3-17,24H,2H2,1H3,(H,27,29). The van der Waals surface area contributed by atoms with Gasteiger partial charge in [0.2, 0.25) is 5.91 Å². The third-order valence-corrected chi connectivity index (χ3v) is 6.01. The number of hydrogen-bond acceptors (Lipinski definition) is 5. The number of nitrogens with one attached hydrogen (secondary N) is 1. The number of ether oxygens (including phenoxy) is 1. The van der Waals surface area contributed by atoms with Gasteiger partial charge in [-0.2, -0.15) is 0 Å². The molecule has 0 aliphatic heterocycles. The number of rotatable bonds is 7. The SMILES string of the molecule is CCOC(=O)c1ccc(NC(=O)C(Sc2ccc3ccccc3n2)c2ccccc2)cc1. The fourth-order valence-corrected chi connectivity index (χ4v) is 4.24. The van der Waals surface area contributed by atoms with Gasteiger partial charge in [-0.15, -0.1) is 0 Å². The Morgan fingerprint density at radius 3 is 2.38 bits per heavy atom. The van der Waals surface area contributed by atoms with Gasteiger partial charge in [0.05, 0.1) is 22.7 Å². The molecule has 1 unspecified atom stereocenters. The number of aromatic nitrogens is 1. The van der Waals surface area contributed by atoms with Crippen molar-refractivity contribution in [1.82, 2.24) is 4.98 Å². The number of amides is 1. The Kier molecular flexibility index (Phi) is 6.82. The topological polar surface area (TPSA) is 68.3 Å². The van der Waals surface area contributed by atoms with Crippen molar-refractivity contribution < 1.29 is 14.3 Å². The van der Waals surface area contributed by atoms with Crippen molar-refractivity contribution in [2.24, 2.45) is 0 Å². The summed E-state index contributed by atoms with van der Waals surface area (Å²) in [5, 5.41) is 4.29. The van der Waals surface area contributed by atoms with Crippen molar-refractivity contribution >= 4 is 40.2 Å². The number of fused-ring (bicyclic) bond motifs is 1. The Labute approximate surface area is 190 Å². The summed E-state index contributed by atoms with van der Waals surface area (Å²) in [7, 11) is 0. The van der Waals surface area contributed by atoms with Crippen LogP contribution in [0.4, 0.5) is 5.69 Å². The van der Waals surface area contributed by atoms with Gasteiger partial charge in [-0.1, -0.05) is 66.4 Å². The second kappa shape index (κ2) is 10.1. The summed E-state index contributed by atoms with van der Waals surface area (Å²) < 4.78 is 5.01. The molecule has 0 aliphatic rings. The van der Waals surface area contributed by atoms with Crippen LogP contribution < -0.4 is 5.32 Å². The van der Waals surface area contributed by atoms with Crippen molar-refractivity contribution in [2.45, 2.75) is 17.2 Å². The average Bonchev–Trinajstić information content (AvgIpc) is 2.83. The van der Waals surface area contributed by atoms with Gasteiger partial charge in [0.25, 0.3) is 0 Å². The maximum atomic E-state index is 13.3. The Morgan fingerprint density at radius 2 is 1.62 bits per heavy atom. The van der Waals surface area contributed by atoms with Crippen LogP contribution in [0.25, 0.3) is 10.9 Å². The van der Waals surface area contributed by atoms with Crippen LogP contribution in [0, 0.1) is 0 Å². The summed E-state index contributed by atoms with van der Waals surface area (Å²) in [6, 6.07) is 28.1. The van der Waals surface area contributed by atoms with Gasteiger partial charge in [-0.25, -0.2) is 9.78 Å². The molecule has 160 valence electrons. The third kappa shape index (κ3) is 5.15. The lowest BCUT2D eigenvalue weighted by molar-refractivity contribution is -0.115. The number of pyridine rings is 1. The Bertz CT molecular complexity index is 1230. The maximum absolute atomic E-state index is 13.3. The van der Waals surface area contributed by atoms with Crippen LogP contribution in [0.5, 0.6) is 0 Å². The van der Waals surface area contributed by atoms with Gasteiger partial charge in [0.15, 0.2) is 0 Å². The highest BCUT2D eigenvalue weighted by Crippen LogP contribution is 2.36. The molecule has 1 heterocycles. The maximum Gasteiger partial charge on any atom is 0.338 e. The van der Waals surface area contributed by atoms with E-state index < -0.39 is 5.25 Å². The molecule has 1 aromatic heterocycles. The minimum absolute atomic E-state index is 0.167. The van der Waals surface area contributed by atoms with E-state index in [-0.39, 0.29) is 11.9 Å². The first kappa shape index (κ1) is 21.6. The van der Waals surface area contributed by atoms with Crippen LogP contribution in [-0.2, 0) is 9.53 Å². The van der Waals surface area contributed by atoms with E-state index in [2.05, 4.69) is 5.32 Å². The highest BCUT2D eigenvalue weighted by molar-refractivity contribution is 8.00. The molecular formula is C26H22N2O3S. The molecule has 0 saturated heterocycles. The van der Waals surface area contributed by atoms with E-state index >= 15 is 0 Å². The summed E-state index contributed by atoms with van der Waals surface area (Å²) in [4.78, 5) is 29.8. The quantitative estimate of drug-likeness (QED) is 0.286. The van der Waals surface area contributed by atoms with Crippen LogP contribution in [0.2, 0.25) is 0 Å². The number of thioether (sulfide) groups is 1. The van der Waals surface area contributed by atoms with E-state index in [9.17, 15) is 9.59 Å². The molecule has 4 rings (SSSR count). The molecular weight excluding hydrogens is 420 g/mol. The molecule has 1 amide bonds. The van der Waals surface area contributed by atoms with E-state index in [0.717, 1.165) is 21.5 Å². The van der Waals surface area contributed by atoms with Crippen molar-refractivity contribution in [3.8, 4) is 0 Å². The Morgan fingerprint density at radius 1 is 0.906 bits per heavy atom. The van der Waals surface area contributed by atoms with Gasteiger partial charge in [0.1, 0.15) is 5.25 Å². The first-order chi connectivity index (χ1) is 15.6. The van der Waals surface area contributed by atoms with Gasteiger partial charge in [-0.05, 0) is 48.9 Å². The first-order valence-corrected chi connectivity index (χ1v) is 11.2. The van der Waals surface area contributed by atoms with Crippen LogP contribution in [0.15, 0.2) is 96.0 Å². The minimum Gasteiger partial charge on any atom is -0.462 e. The van der Waals surface area contributed by atoms with Crippen LogP contribution >= 0.6 is 11.8 Å². The van der Waals surface area contributed by atoms with Gasteiger partial charge in [-0.3, -0.25) is 4.79 Å². The fourth-order valence-electron chi connectivity index (χ4n) is 3.25. The molecule has 0 bridgehead atoms. The van der Waals surface area contributed by atoms with E-state index in [1.54, 1.807) is 31.2 Å². The average molecular weight is 443 g/mol. The normalized spacial score (nSPS) is 11.7. The van der Waals surface area contributed by atoms with Crippen molar-refractivity contribution in [2.75, 3.05) is 11.9 Å². The van der Waals surface area contributed by atoms with Crippen LogP contribution in [0.3, 0.4) is 0 Å². The zero-order valence-corrected chi connectivity index (χ0v) is 18.3. The van der Waals surface area contributed by atoms with Gasteiger partial charge < -0.3 is 10.1 Å². The monoisotopic (exact) mass is 442 g/mol. The number of hydrogen-bond donors (Lipinski definition) is 1. The predicted octanol–water partition coefficient (Wildman–Crippen LogP) is 5.88. The van der Waals surface area contributed by atoms with E-state index in [1.807, 2.05) is 66.7 Å². The van der Waals surface area contributed by atoms with Gasteiger partial charge in [0, 0.05) is 11.1 Å². The molecule has 0 saturated carbocycles. The molecule has 0 aliphatic carbocycles. The van der Waals surface area contributed by atoms with E-state index in [0.29, 0.717) is 17.9 Å².